The highest BCUT2D eigenvalue weighted by atomic mass is 19.1. The van der Waals surface area contributed by atoms with Gasteiger partial charge in [0.25, 0.3) is 0 Å². The Bertz CT molecular complexity index is 568. The summed E-state index contributed by atoms with van der Waals surface area (Å²) in [5.74, 6) is 0.238. The summed E-state index contributed by atoms with van der Waals surface area (Å²) in [6.07, 6.45) is -0.705. The van der Waals surface area contributed by atoms with E-state index in [0.29, 0.717) is 5.75 Å². The van der Waals surface area contributed by atoms with Crippen LogP contribution in [0.4, 0.5) is 4.39 Å². The van der Waals surface area contributed by atoms with Gasteiger partial charge < -0.3 is 9.84 Å². The standard InChI is InChI=1S/C18H21FO2/c1-18(2,3)14-6-4-13(5-7-14)17(20)12-21-16-10-8-15(19)9-11-16/h4-11,17,20H,12H2,1-3H3. The molecule has 1 N–H and O–H groups in total. The maximum atomic E-state index is 12.8. The largest absolute Gasteiger partial charge is 0.491 e. The summed E-state index contributed by atoms with van der Waals surface area (Å²) in [5, 5.41) is 10.1. The third-order valence-corrected chi connectivity index (χ3v) is 3.38. The van der Waals surface area contributed by atoms with E-state index < -0.39 is 6.10 Å². The Kier molecular flexibility index (Phi) is 4.63. The summed E-state index contributed by atoms with van der Waals surface area (Å²) in [6.45, 7) is 6.59. The minimum Gasteiger partial charge on any atom is -0.491 e. The Hall–Kier alpha value is -1.87. The molecule has 1 atom stereocenters. The Morgan fingerprint density at radius 1 is 1.00 bits per heavy atom. The van der Waals surface area contributed by atoms with Gasteiger partial charge in [-0.2, -0.15) is 0 Å². The Balaban J connectivity index is 1.97. The maximum Gasteiger partial charge on any atom is 0.123 e. The molecule has 1 unspecified atom stereocenters. The van der Waals surface area contributed by atoms with Gasteiger partial charge >= 0.3 is 0 Å². The number of hydrogen-bond acceptors (Lipinski definition) is 2. The minimum absolute atomic E-state index is 0.0914. The lowest BCUT2D eigenvalue weighted by atomic mass is 9.86. The summed E-state index contributed by atoms with van der Waals surface area (Å²) in [7, 11) is 0. The van der Waals surface area contributed by atoms with Crippen molar-refractivity contribution in [3.05, 3.63) is 65.5 Å². The van der Waals surface area contributed by atoms with Gasteiger partial charge in [0, 0.05) is 0 Å². The van der Waals surface area contributed by atoms with Crippen LogP contribution in [-0.4, -0.2) is 11.7 Å². The molecule has 112 valence electrons. The van der Waals surface area contributed by atoms with E-state index in [1.165, 1.54) is 17.7 Å². The lowest BCUT2D eigenvalue weighted by Crippen LogP contribution is -2.13. The number of benzene rings is 2. The van der Waals surface area contributed by atoms with Crippen molar-refractivity contribution in [2.24, 2.45) is 0 Å². The zero-order valence-electron chi connectivity index (χ0n) is 12.6. The second-order valence-corrected chi connectivity index (χ2v) is 6.15. The van der Waals surface area contributed by atoms with E-state index in [2.05, 4.69) is 20.8 Å². The van der Waals surface area contributed by atoms with E-state index >= 15 is 0 Å². The maximum absolute atomic E-state index is 12.8. The van der Waals surface area contributed by atoms with Crippen LogP contribution in [0.15, 0.2) is 48.5 Å². The average molecular weight is 288 g/mol. The van der Waals surface area contributed by atoms with Crippen molar-refractivity contribution in [1.29, 1.82) is 0 Å². The van der Waals surface area contributed by atoms with Crippen LogP contribution in [0, 0.1) is 5.82 Å². The highest BCUT2D eigenvalue weighted by molar-refractivity contribution is 5.29. The van der Waals surface area contributed by atoms with Gasteiger partial charge in [-0.25, -0.2) is 4.39 Å². The monoisotopic (exact) mass is 288 g/mol. The van der Waals surface area contributed by atoms with Crippen LogP contribution in [-0.2, 0) is 5.41 Å². The molecule has 0 radical (unpaired) electrons. The van der Waals surface area contributed by atoms with Gasteiger partial charge in [0.2, 0.25) is 0 Å². The second kappa shape index (κ2) is 6.27. The molecule has 0 spiro atoms. The van der Waals surface area contributed by atoms with Crippen LogP contribution in [0.5, 0.6) is 5.75 Å². The molecule has 0 saturated carbocycles. The first-order chi connectivity index (χ1) is 9.86. The topological polar surface area (TPSA) is 29.5 Å². The van der Waals surface area contributed by atoms with Crippen molar-refractivity contribution in [3.63, 3.8) is 0 Å². The average Bonchev–Trinajstić information content (AvgIpc) is 2.45. The molecule has 0 aliphatic carbocycles. The van der Waals surface area contributed by atoms with Crippen molar-refractivity contribution in [3.8, 4) is 5.75 Å². The van der Waals surface area contributed by atoms with Crippen molar-refractivity contribution in [2.45, 2.75) is 32.3 Å². The molecule has 3 heteroatoms. The zero-order chi connectivity index (χ0) is 15.5. The summed E-state index contributed by atoms with van der Waals surface area (Å²) < 4.78 is 18.2. The van der Waals surface area contributed by atoms with Gasteiger partial charge in [0.15, 0.2) is 0 Å². The van der Waals surface area contributed by atoms with E-state index in [0.717, 1.165) is 5.56 Å². The first-order valence-corrected chi connectivity index (χ1v) is 7.03. The molecule has 0 saturated heterocycles. The Morgan fingerprint density at radius 3 is 2.10 bits per heavy atom. The molecule has 2 nitrogen and oxygen atoms in total. The van der Waals surface area contributed by atoms with Crippen LogP contribution >= 0.6 is 0 Å². The molecule has 0 heterocycles. The predicted molar refractivity (Wildman–Crippen MR) is 82.0 cm³/mol. The highest BCUT2D eigenvalue weighted by Gasteiger charge is 2.14. The minimum atomic E-state index is -0.705. The molecule has 0 aliphatic rings. The Labute approximate surface area is 125 Å². The molecular formula is C18H21FO2. The number of rotatable bonds is 4. The molecule has 0 bridgehead atoms. The van der Waals surface area contributed by atoms with E-state index in [4.69, 9.17) is 4.74 Å². The third-order valence-electron chi connectivity index (χ3n) is 3.38. The predicted octanol–water partition coefficient (Wildman–Crippen LogP) is 4.24. The molecule has 0 aliphatic heterocycles. The zero-order valence-corrected chi connectivity index (χ0v) is 12.6. The van der Waals surface area contributed by atoms with E-state index in [1.807, 2.05) is 24.3 Å². The van der Waals surface area contributed by atoms with Crippen LogP contribution in [0.1, 0.15) is 38.0 Å². The SMILES string of the molecule is CC(C)(C)c1ccc(C(O)COc2ccc(F)cc2)cc1. The first kappa shape index (κ1) is 15.5. The summed E-state index contributed by atoms with van der Waals surface area (Å²) >= 11 is 0. The quantitative estimate of drug-likeness (QED) is 0.912. The van der Waals surface area contributed by atoms with Gasteiger partial charge in [-0.3, -0.25) is 0 Å². The van der Waals surface area contributed by atoms with Crippen LogP contribution in [0.2, 0.25) is 0 Å². The fourth-order valence-corrected chi connectivity index (χ4v) is 2.01. The van der Waals surface area contributed by atoms with Crippen molar-refractivity contribution in [1.82, 2.24) is 0 Å². The molecular weight excluding hydrogens is 267 g/mol. The fourth-order valence-electron chi connectivity index (χ4n) is 2.01. The van der Waals surface area contributed by atoms with Crippen molar-refractivity contribution in [2.75, 3.05) is 6.61 Å². The smallest absolute Gasteiger partial charge is 0.123 e. The molecule has 0 aromatic heterocycles. The molecule has 2 rings (SSSR count). The second-order valence-electron chi connectivity index (χ2n) is 6.15. The Morgan fingerprint density at radius 2 is 1.57 bits per heavy atom. The number of aliphatic hydroxyl groups excluding tert-OH is 1. The summed E-state index contributed by atoms with van der Waals surface area (Å²) in [5.41, 5.74) is 2.12. The van der Waals surface area contributed by atoms with Gasteiger partial charge in [-0.05, 0) is 40.8 Å². The van der Waals surface area contributed by atoms with E-state index in [-0.39, 0.29) is 17.8 Å². The molecule has 0 amide bonds. The van der Waals surface area contributed by atoms with E-state index in [1.54, 1.807) is 12.1 Å². The number of halogens is 1. The summed E-state index contributed by atoms with van der Waals surface area (Å²) in [4.78, 5) is 0. The fraction of sp³-hybridized carbons (Fsp3) is 0.333. The number of aliphatic hydroxyl groups is 1. The molecule has 2 aromatic carbocycles. The van der Waals surface area contributed by atoms with Crippen molar-refractivity contribution < 1.29 is 14.2 Å². The normalized spacial score (nSPS) is 13.0. The van der Waals surface area contributed by atoms with Gasteiger partial charge in [-0.15, -0.1) is 0 Å². The van der Waals surface area contributed by atoms with Gasteiger partial charge in [0.1, 0.15) is 24.3 Å². The lowest BCUT2D eigenvalue weighted by Gasteiger charge is -2.20. The van der Waals surface area contributed by atoms with E-state index in [9.17, 15) is 9.50 Å². The molecule has 21 heavy (non-hydrogen) atoms. The summed E-state index contributed by atoms with van der Waals surface area (Å²) in [6, 6.07) is 13.6. The number of hydrogen-bond donors (Lipinski definition) is 1. The molecule has 2 aromatic rings. The lowest BCUT2D eigenvalue weighted by molar-refractivity contribution is 0.108. The van der Waals surface area contributed by atoms with Gasteiger partial charge in [-0.1, -0.05) is 45.0 Å². The van der Waals surface area contributed by atoms with Crippen LogP contribution < -0.4 is 4.74 Å². The molecule has 0 fully saturated rings. The third kappa shape index (κ3) is 4.30. The van der Waals surface area contributed by atoms with Gasteiger partial charge in [0.05, 0.1) is 0 Å². The van der Waals surface area contributed by atoms with Crippen molar-refractivity contribution >= 4 is 0 Å². The highest BCUT2D eigenvalue weighted by Crippen LogP contribution is 2.24. The van der Waals surface area contributed by atoms with Crippen LogP contribution in [0.3, 0.4) is 0 Å². The van der Waals surface area contributed by atoms with Crippen LogP contribution in [0.25, 0.3) is 0 Å². The first-order valence-electron chi connectivity index (χ1n) is 7.03. The number of ether oxygens (including phenoxy) is 1.